The second-order valence-electron chi connectivity index (χ2n) is 8.13. The van der Waals surface area contributed by atoms with Gasteiger partial charge in [-0.2, -0.15) is 0 Å². The number of nitrogens with zero attached hydrogens (tertiary/aromatic N) is 3. The zero-order chi connectivity index (χ0) is 22.2. The van der Waals surface area contributed by atoms with Crippen LogP contribution in [-0.2, 0) is 15.1 Å². The number of urea groups is 1. The monoisotopic (exact) mass is 424 g/mol. The van der Waals surface area contributed by atoms with E-state index in [1.165, 1.54) is 6.07 Å². The molecule has 0 spiro atoms. The third-order valence-electron chi connectivity index (χ3n) is 6.02. The zero-order valence-corrected chi connectivity index (χ0v) is 17.6. The van der Waals surface area contributed by atoms with Gasteiger partial charge >= 0.3 is 6.03 Å². The Morgan fingerprint density at radius 2 is 1.68 bits per heavy atom. The van der Waals surface area contributed by atoms with E-state index in [0.29, 0.717) is 37.4 Å². The fourth-order valence-electron chi connectivity index (χ4n) is 4.06. The van der Waals surface area contributed by atoms with Gasteiger partial charge < -0.3 is 15.1 Å². The zero-order valence-electron chi connectivity index (χ0n) is 17.6. The summed E-state index contributed by atoms with van der Waals surface area (Å²) in [5.74, 6) is -1.04. The summed E-state index contributed by atoms with van der Waals surface area (Å²) in [5.41, 5.74) is 1.03. The topological polar surface area (TPSA) is 73.0 Å². The Kier molecular flexibility index (Phi) is 5.39. The lowest BCUT2D eigenvalue weighted by Gasteiger charge is -2.36. The van der Waals surface area contributed by atoms with Crippen LogP contribution in [0, 0.1) is 12.7 Å². The molecule has 0 saturated carbocycles. The highest BCUT2D eigenvalue weighted by atomic mass is 19.1. The van der Waals surface area contributed by atoms with E-state index in [0.717, 1.165) is 10.5 Å². The van der Waals surface area contributed by atoms with Crippen LogP contribution in [0.5, 0.6) is 0 Å². The van der Waals surface area contributed by atoms with Gasteiger partial charge in [-0.15, -0.1) is 0 Å². The number of carbonyl (C=O) groups excluding carboxylic acids is 3. The fourth-order valence-corrected chi connectivity index (χ4v) is 4.06. The first-order valence-electron chi connectivity index (χ1n) is 10.3. The van der Waals surface area contributed by atoms with E-state index in [1.807, 2.05) is 24.0 Å². The van der Waals surface area contributed by atoms with E-state index in [-0.39, 0.29) is 18.3 Å². The lowest BCUT2D eigenvalue weighted by atomic mass is 9.91. The Morgan fingerprint density at radius 3 is 2.32 bits per heavy atom. The number of halogens is 1. The largest absolute Gasteiger partial charge is 0.366 e. The number of hydrogen-bond acceptors (Lipinski definition) is 4. The molecule has 162 valence electrons. The number of piperazine rings is 1. The Hall–Kier alpha value is -3.42. The molecule has 2 fully saturated rings. The van der Waals surface area contributed by atoms with Crippen LogP contribution in [0.1, 0.15) is 18.1 Å². The minimum atomic E-state index is -1.20. The molecule has 7 nitrogen and oxygen atoms in total. The summed E-state index contributed by atoms with van der Waals surface area (Å²) in [6.07, 6.45) is 0. The number of carbonyl (C=O) groups is 3. The Labute approximate surface area is 180 Å². The lowest BCUT2D eigenvalue weighted by Crippen LogP contribution is -2.52. The van der Waals surface area contributed by atoms with Gasteiger partial charge in [0.05, 0.1) is 5.69 Å². The average molecular weight is 424 g/mol. The molecule has 2 aliphatic heterocycles. The standard InChI is InChI=1S/C23H25FN4O3/c1-16-7-9-17(10-8-16)23(2)21(30)28(22(31)25-23)15-20(29)27-13-11-26(12-14-27)19-6-4-3-5-18(19)24/h3-10H,11-15H2,1-2H3,(H,25,31). The number of hydrogen-bond donors (Lipinski definition) is 1. The summed E-state index contributed by atoms with van der Waals surface area (Å²) >= 11 is 0. The molecule has 2 heterocycles. The SMILES string of the molecule is Cc1ccc(C2(C)NC(=O)N(CC(=O)N3CCN(c4ccccc4F)CC3)C2=O)cc1. The molecule has 2 saturated heterocycles. The van der Waals surface area contributed by atoms with Gasteiger partial charge in [-0.05, 0) is 31.5 Å². The smallest absolute Gasteiger partial charge is 0.325 e. The molecule has 1 unspecified atom stereocenters. The number of amides is 4. The van der Waals surface area contributed by atoms with E-state index < -0.39 is 17.5 Å². The van der Waals surface area contributed by atoms with Crippen LogP contribution < -0.4 is 10.2 Å². The van der Waals surface area contributed by atoms with E-state index in [9.17, 15) is 18.8 Å². The summed E-state index contributed by atoms with van der Waals surface area (Å²) in [5, 5.41) is 2.73. The summed E-state index contributed by atoms with van der Waals surface area (Å²) < 4.78 is 14.0. The number of imide groups is 1. The van der Waals surface area contributed by atoms with Crippen LogP contribution in [0.25, 0.3) is 0 Å². The summed E-state index contributed by atoms with van der Waals surface area (Å²) in [6.45, 7) is 5.03. The minimum Gasteiger partial charge on any atom is -0.366 e. The van der Waals surface area contributed by atoms with Gasteiger partial charge in [0.25, 0.3) is 5.91 Å². The van der Waals surface area contributed by atoms with Crippen LogP contribution in [0.3, 0.4) is 0 Å². The second-order valence-corrected chi connectivity index (χ2v) is 8.13. The first kappa shape index (κ1) is 20.8. The third-order valence-corrected chi connectivity index (χ3v) is 6.02. The van der Waals surface area contributed by atoms with Gasteiger partial charge in [-0.1, -0.05) is 42.0 Å². The minimum absolute atomic E-state index is 0.294. The molecule has 2 aromatic rings. The van der Waals surface area contributed by atoms with Crippen LogP contribution >= 0.6 is 0 Å². The maximum atomic E-state index is 14.0. The number of rotatable bonds is 4. The van der Waals surface area contributed by atoms with Crippen LogP contribution in [0.4, 0.5) is 14.9 Å². The predicted octanol–water partition coefficient (Wildman–Crippen LogP) is 2.25. The molecular formula is C23H25FN4O3. The van der Waals surface area contributed by atoms with E-state index in [1.54, 1.807) is 42.2 Å². The van der Waals surface area contributed by atoms with E-state index in [2.05, 4.69) is 5.32 Å². The highest BCUT2D eigenvalue weighted by Gasteiger charge is 2.49. The molecule has 4 rings (SSSR count). The quantitative estimate of drug-likeness (QED) is 0.765. The average Bonchev–Trinajstić information content (AvgIpc) is 2.98. The summed E-state index contributed by atoms with van der Waals surface area (Å²) in [4.78, 5) is 42.8. The molecule has 0 aliphatic carbocycles. The maximum absolute atomic E-state index is 14.0. The Balaban J connectivity index is 1.40. The van der Waals surface area contributed by atoms with Gasteiger partial charge in [0, 0.05) is 26.2 Å². The Bertz CT molecular complexity index is 1020. The molecule has 1 atom stereocenters. The van der Waals surface area contributed by atoms with Crippen LogP contribution in [-0.4, -0.2) is 60.4 Å². The number of benzene rings is 2. The molecule has 0 bridgehead atoms. The van der Waals surface area contributed by atoms with Gasteiger partial charge in [-0.25, -0.2) is 9.18 Å². The fraction of sp³-hybridized carbons (Fsp3) is 0.348. The van der Waals surface area contributed by atoms with Crippen molar-refractivity contribution in [1.82, 2.24) is 15.1 Å². The number of aryl methyl sites for hydroxylation is 1. The molecule has 4 amide bonds. The molecular weight excluding hydrogens is 399 g/mol. The molecule has 0 aromatic heterocycles. The first-order chi connectivity index (χ1) is 14.8. The van der Waals surface area contributed by atoms with Crippen molar-refractivity contribution >= 4 is 23.5 Å². The summed E-state index contributed by atoms with van der Waals surface area (Å²) in [7, 11) is 0. The molecule has 8 heteroatoms. The number of para-hydroxylation sites is 1. The number of anilines is 1. The van der Waals surface area contributed by atoms with Crippen molar-refractivity contribution in [2.75, 3.05) is 37.6 Å². The van der Waals surface area contributed by atoms with Gasteiger partial charge in [-0.3, -0.25) is 14.5 Å². The van der Waals surface area contributed by atoms with Crippen molar-refractivity contribution in [2.45, 2.75) is 19.4 Å². The van der Waals surface area contributed by atoms with Crippen LogP contribution in [0.2, 0.25) is 0 Å². The molecule has 0 radical (unpaired) electrons. The third kappa shape index (κ3) is 3.85. The normalized spacial score (nSPS) is 21.5. The Morgan fingerprint density at radius 1 is 1.03 bits per heavy atom. The van der Waals surface area contributed by atoms with E-state index >= 15 is 0 Å². The van der Waals surface area contributed by atoms with Crippen LogP contribution in [0.15, 0.2) is 48.5 Å². The molecule has 2 aliphatic rings. The van der Waals surface area contributed by atoms with Gasteiger partial charge in [0.2, 0.25) is 5.91 Å². The molecule has 31 heavy (non-hydrogen) atoms. The van der Waals surface area contributed by atoms with Gasteiger partial charge in [0.15, 0.2) is 0 Å². The maximum Gasteiger partial charge on any atom is 0.325 e. The highest BCUT2D eigenvalue weighted by molar-refractivity contribution is 6.09. The number of nitrogens with one attached hydrogen (secondary N) is 1. The highest BCUT2D eigenvalue weighted by Crippen LogP contribution is 2.29. The second kappa shape index (κ2) is 8.02. The van der Waals surface area contributed by atoms with Gasteiger partial charge in [0.1, 0.15) is 17.9 Å². The lowest BCUT2D eigenvalue weighted by molar-refractivity contribution is -0.139. The first-order valence-corrected chi connectivity index (χ1v) is 10.3. The van der Waals surface area contributed by atoms with Crippen molar-refractivity contribution in [3.8, 4) is 0 Å². The molecule has 2 aromatic carbocycles. The molecule has 1 N–H and O–H groups in total. The van der Waals surface area contributed by atoms with Crippen molar-refractivity contribution in [3.63, 3.8) is 0 Å². The van der Waals surface area contributed by atoms with Crippen molar-refractivity contribution in [3.05, 3.63) is 65.5 Å². The predicted molar refractivity (Wildman–Crippen MR) is 114 cm³/mol. The van der Waals surface area contributed by atoms with Crippen molar-refractivity contribution in [2.24, 2.45) is 0 Å². The van der Waals surface area contributed by atoms with E-state index in [4.69, 9.17) is 0 Å². The van der Waals surface area contributed by atoms with Crippen molar-refractivity contribution in [1.29, 1.82) is 0 Å². The summed E-state index contributed by atoms with van der Waals surface area (Å²) in [6, 6.07) is 13.3. The van der Waals surface area contributed by atoms with Crippen molar-refractivity contribution < 1.29 is 18.8 Å².